The first-order valence-corrected chi connectivity index (χ1v) is 9.71. The summed E-state index contributed by atoms with van der Waals surface area (Å²) in [6.07, 6.45) is 0.831. The fourth-order valence-corrected chi connectivity index (χ4v) is 3.80. The molecule has 9 heteroatoms. The molecule has 2 aromatic heterocycles. The first kappa shape index (κ1) is 19.3. The number of carbonyl (C=O) groups is 3. The van der Waals surface area contributed by atoms with Crippen molar-refractivity contribution in [3.05, 3.63) is 66.4 Å². The number of thiazole rings is 1. The number of fused-ring (bicyclic) bond motifs is 1. The number of nitrogens with zero attached hydrogens (tertiary/aromatic N) is 1. The Morgan fingerprint density at radius 3 is 2.50 bits per heavy atom. The van der Waals surface area contributed by atoms with E-state index in [0.29, 0.717) is 16.1 Å². The maximum atomic E-state index is 12.8. The third kappa shape index (κ3) is 3.78. The zero-order valence-corrected chi connectivity index (χ0v) is 16.6. The van der Waals surface area contributed by atoms with Gasteiger partial charge in [-0.1, -0.05) is 59.9 Å². The van der Waals surface area contributed by atoms with Gasteiger partial charge in [0.2, 0.25) is 0 Å². The Morgan fingerprint density at radius 2 is 1.73 bits per heavy atom. The molecule has 0 aliphatic heterocycles. The highest BCUT2D eigenvalue weighted by Gasteiger charge is 2.23. The van der Waals surface area contributed by atoms with E-state index >= 15 is 0 Å². The third-order valence-corrected chi connectivity index (χ3v) is 5.22. The molecule has 0 radical (unpaired) electrons. The van der Waals surface area contributed by atoms with Gasteiger partial charge in [0.1, 0.15) is 10.7 Å². The lowest BCUT2D eigenvalue weighted by Crippen LogP contribution is -2.22. The number of para-hydroxylation sites is 1. The number of aromatic amines is 1. The SMILES string of the molecule is COC(=O)Nc1nc(-c2ccccc2)c(NC(=O)C(=O)c2c[nH]c3ccccc23)s1. The van der Waals surface area contributed by atoms with E-state index in [4.69, 9.17) is 0 Å². The van der Waals surface area contributed by atoms with E-state index in [9.17, 15) is 14.4 Å². The van der Waals surface area contributed by atoms with Gasteiger partial charge >= 0.3 is 6.09 Å². The van der Waals surface area contributed by atoms with Crippen LogP contribution in [0.5, 0.6) is 0 Å². The molecule has 0 aliphatic carbocycles. The molecule has 0 fully saturated rings. The quantitative estimate of drug-likeness (QED) is 0.329. The van der Waals surface area contributed by atoms with Gasteiger partial charge in [-0.15, -0.1) is 0 Å². The molecule has 4 aromatic rings. The van der Waals surface area contributed by atoms with Crippen molar-refractivity contribution in [3.63, 3.8) is 0 Å². The molecular formula is C21H16N4O4S. The number of benzene rings is 2. The summed E-state index contributed by atoms with van der Waals surface area (Å²) in [7, 11) is 1.24. The van der Waals surface area contributed by atoms with Crippen LogP contribution in [0.2, 0.25) is 0 Å². The van der Waals surface area contributed by atoms with Crippen molar-refractivity contribution in [2.45, 2.75) is 0 Å². The molecule has 8 nitrogen and oxygen atoms in total. The summed E-state index contributed by atoms with van der Waals surface area (Å²) < 4.78 is 4.59. The molecule has 0 atom stereocenters. The van der Waals surface area contributed by atoms with Gasteiger partial charge in [-0.3, -0.25) is 14.9 Å². The van der Waals surface area contributed by atoms with E-state index in [-0.39, 0.29) is 10.7 Å². The Labute approximate surface area is 174 Å². The molecule has 2 heterocycles. The molecule has 0 saturated heterocycles. The van der Waals surface area contributed by atoms with Crippen LogP contribution in [0.25, 0.3) is 22.2 Å². The first-order chi connectivity index (χ1) is 14.6. The number of methoxy groups -OCH3 is 1. The summed E-state index contributed by atoms with van der Waals surface area (Å²) in [5, 5.41) is 6.35. The van der Waals surface area contributed by atoms with Crippen LogP contribution in [0.4, 0.5) is 14.9 Å². The minimum absolute atomic E-state index is 0.232. The molecule has 0 unspecified atom stereocenters. The first-order valence-electron chi connectivity index (χ1n) is 8.90. The number of nitrogens with one attached hydrogen (secondary N) is 3. The average molecular weight is 420 g/mol. The number of hydrogen-bond acceptors (Lipinski definition) is 6. The molecule has 0 spiro atoms. The van der Waals surface area contributed by atoms with Crippen molar-refractivity contribution in [3.8, 4) is 11.3 Å². The summed E-state index contributed by atoms with van der Waals surface area (Å²) in [6.45, 7) is 0. The predicted octanol–water partition coefficient (Wildman–Crippen LogP) is 4.29. The molecular weight excluding hydrogens is 404 g/mol. The number of carbonyl (C=O) groups excluding carboxylic acids is 3. The summed E-state index contributed by atoms with van der Waals surface area (Å²) in [5.74, 6) is -1.48. The molecule has 0 aliphatic rings. The van der Waals surface area contributed by atoms with Crippen molar-refractivity contribution in [1.82, 2.24) is 9.97 Å². The minimum Gasteiger partial charge on any atom is -0.453 e. The molecule has 30 heavy (non-hydrogen) atoms. The standard InChI is InChI=1S/C21H16N4O4S/c1-29-21(28)25-20-23-16(12-7-3-2-4-8-12)19(30-20)24-18(27)17(26)14-11-22-15-10-6-5-9-13(14)15/h2-11,22H,1H3,(H,24,27)(H,23,25,28). The molecule has 4 rings (SSSR count). The maximum Gasteiger partial charge on any atom is 0.413 e. The third-order valence-electron chi connectivity index (χ3n) is 4.34. The Balaban J connectivity index is 1.65. The van der Waals surface area contributed by atoms with Crippen molar-refractivity contribution in [1.29, 1.82) is 0 Å². The Hall–Kier alpha value is -3.98. The highest BCUT2D eigenvalue weighted by molar-refractivity contribution is 7.20. The van der Waals surface area contributed by atoms with Gasteiger partial charge in [0, 0.05) is 22.7 Å². The zero-order chi connectivity index (χ0) is 21.1. The monoisotopic (exact) mass is 420 g/mol. The van der Waals surface area contributed by atoms with Crippen molar-refractivity contribution in [2.24, 2.45) is 0 Å². The number of hydrogen-bond donors (Lipinski definition) is 3. The largest absolute Gasteiger partial charge is 0.453 e. The normalized spacial score (nSPS) is 10.6. The van der Waals surface area contributed by atoms with Crippen molar-refractivity contribution >= 4 is 50.2 Å². The van der Waals surface area contributed by atoms with Crippen molar-refractivity contribution < 1.29 is 19.1 Å². The summed E-state index contributed by atoms with van der Waals surface area (Å²) >= 11 is 1.03. The van der Waals surface area contributed by atoms with Crippen LogP contribution in [0, 0.1) is 0 Å². The second-order valence-electron chi connectivity index (χ2n) is 6.21. The number of rotatable bonds is 5. The fraction of sp³-hybridized carbons (Fsp3) is 0.0476. The second kappa shape index (κ2) is 8.18. The van der Waals surface area contributed by atoms with E-state index in [1.807, 2.05) is 42.5 Å². The summed E-state index contributed by atoms with van der Waals surface area (Å²) in [5.41, 5.74) is 2.20. The van der Waals surface area contributed by atoms with Crippen LogP contribution in [0.15, 0.2) is 60.8 Å². The van der Waals surface area contributed by atoms with Gasteiger partial charge in [0.05, 0.1) is 12.7 Å². The van der Waals surface area contributed by atoms with Gasteiger partial charge in [0.25, 0.3) is 11.7 Å². The van der Waals surface area contributed by atoms with Crippen LogP contribution in [-0.4, -0.2) is 34.9 Å². The van der Waals surface area contributed by atoms with E-state index in [1.54, 1.807) is 12.1 Å². The Kier molecular flexibility index (Phi) is 5.27. The topological polar surface area (TPSA) is 113 Å². The molecule has 2 aromatic carbocycles. The summed E-state index contributed by atoms with van der Waals surface area (Å²) in [6, 6.07) is 16.4. The maximum absolute atomic E-state index is 12.8. The number of H-pyrrole nitrogens is 1. The summed E-state index contributed by atoms with van der Waals surface area (Å²) in [4.78, 5) is 44.4. The fourth-order valence-electron chi connectivity index (χ4n) is 2.93. The van der Waals surface area contributed by atoms with Crippen LogP contribution >= 0.6 is 11.3 Å². The van der Waals surface area contributed by atoms with Gasteiger partial charge in [-0.25, -0.2) is 9.78 Å². The number of anilines is 2. The van der Waals surface area contributed by atoms with Gasteiger partial charge in [-0.2, -0.15) is 0 Å². The van der Waals surface area contributed by atoms with Gasteiger partial charge in [0.15, 0.2) is 5.13 Å². The Morgan fingerprint density at radius 1 is 1.00 bits per heavy atom. The van der Waals surface area contributed by atoms with Crippen LogP contribution < -0.4 is 10.6 Å². The second-order valence-corrected chi connectivity index (χ2v) is 7.21. The smallest absolute Gasteiger partial charge is 0.413 e. The molecule has 0 bridgehead atoms. The lowest BCUT2D eigenvalue weighted by molar-refractivity contribution is -0.112. The van der Waals surface area contributed by atoms with Crippen LogP contribution in [0.1, 0.15) is 10.4 Å². The average Bonchev–Trinajstić information content (AvgIpc) is 3.37. The molecule has 2 amide bonds. The van der Waals surface area contributed by atoms with E-state index in [1.165, 1.54) is 13.3 Å². The number of ketones is 1. The molecule has 0 saturated carbocycles. The number of amides is 2. The van der Waals surface area contributed by atoms with E-state index in [0.717, 1.165) is 22.4 Å². The van der Waals surface area contributed by atoms with Gasteiger partial charge < -0.3 is 15.0 Å². The van der Waals surface area contributed by atoms with Gasteiger partial charge in [-0.05, 0) is 6.07 Å². The van der Waals surface area contributed by atoms with Crippen LogP contribution in [-0.2, 0) is 9.53 Å². The lowest BCUT2D eigenvalue weighted by atomic mass is 10.1. The number of aromatic nitrogens is 2. The van der Waals surface area contributed by atoms with E-state index in [2.05, 4.69) is 25.3 Å². The van der Waals surface area contributed by atoms with Crippen molar-refractivity contribution in [2.75, 3.05) is 17.7 Å². The molecule has 3 N–H and O–H groups in total. The highest BCUT2D eigenvalue weighted by atomic mass is 32.1. The van der Waals surface area contributed by atoms with E-state index < -0.39 is 17.8 Å². The minimum atomic E-state index is -0.801. The lowest BCUT2D eigenvalue weighted by Gasteiger charge is -2.04. The highest BCUT2D eigenvalue weighted by Crippen LogP contribution is 2.36. The molecule has 150 valence electrons. The zero-order valence-electron chi connectivity index (χ0n) is 15.8. The van der Waals surface area contributed by atoms with Crippen LogP contribution in [0.3, 0.4) is 0 Å². The number of ether oxygens (including phenoxy) is 1. The number of Topliss-reactive ketones (excluding diaryl/α,β-unsaturated/α-hetero) is 1. The predicted molar refractivity (Wildman–Crippen MR) is 115 cm³/mol. The Bertz CT molecular complexity index is 1250.